The first-order chi connectivity index (χ1) is 8.20. The number of benzene rings is 1. The van der Waals surface area contributed by atoms with Crippen molar-refractivity contribution in [3.05, 3.63) is 28.3 Å². The Morgan fingerprint density at radius 2 is 2.35 bits per heavy atom. The predicted octanol–water partition coefficient (Wildman–Crippen LogP) is 2.11. The molecule has 0 amide bonds. The summed E-state index contributed by atoms with van der Waals surface area (Å²) in [5.41, 5.74) is 2.17. The van der Waals surface area contributed by atoms with Crippen molar-refractivity contribution in [1.82, 2.24) is 10.6 Å². The number of methoxy groups -OCH3 is 1. The minimum Gasteiger partial charge on any atom is -0.496 e. The number of nitrogens with one attached hydrogen (secondary N) is 2. The van der Waals surface area contributed by atoms with Crippen LogP contribution in [0.5, 0.6) is 5.75 Å². The molecule has 0 saturated carbocycles. The fourth-order valence-electron chi connectivity index (χ4n) is 2.11. The monoisotopic (exact) mass is 254 g/mol. The van der Waals surface area contributed by atoms with Gasteiger partial charge in [0.25, 0.3) is 0 Å². The molecule has 1 aliphatic heterocycles. The Balaban J connectivity index is 2.05. The highest BCUT2D eigenvalue weighted by atomic mass is 35.5. The minimum absolute atomic E-state index is 0.555. The third-order valence-corrected chi connectivity index (χ3v) is 3.61. The largest absolute Gasteiger partial charge is 0.496 e. The molecule has 2 rings (SSSR count). The topological polar surface area (TPSA) is 33.3 Å². The summed E-state index contributed by atoms with van der Waals surface area (Å²) in [6, 6.07) is 4.54. The lowest BCUT2D eigenvalue weighted by molar-refractivity contribution is 0.405. The highest BCUT2D eigenvalue weighted by Gasteiger charge is 2.14. The van der Waals surface area contributed by atoms with Gasteiger partial charge in [-0.3, -0.25) is 0 Å². The molecule has 1 aromatic rings. The van der Waals surface area contributed by atoms with Crippen LogP contribution in [0.25, 0.3) is 0 Å². The van der Waals surface area contributed by atoms with Crippen LogP contribution in [-0.2, 0) is 6.54 Å². The summed E-state index contributed by atoms with van der Waals surface area (Å²) in [6.07, 6.45) is 1.18. The standard InChI is InChI=1S/C13H19ClN2O/c1-9-5-13(17-2)10(6-12(9)14)7-16-11-3-4-15-8-11/h5-6,11,15-16H,3-4,7-8H2,1-2H3. The molecule has 0 spiro atoms. The second-order valence-electron chi connectivity index (χ2n) is 4.48. The van der Waals surface area contributed by atoms with Gasteiger partial charge in [-0.2, -0.15) is 0 Å². The molecule has 0 aromatic heterocycles. The van der Waals surface area contributed by atoms with E-state index in [2.05, 4.69) is 10.6 Å². The molecule has 1 saturated heterocycles. The van der Waals surface area contributed by atoms with E-state index in [1.165, 1.54) is 6.42 Å². The van der Waals surface area contributed by atoms with Crippen molar-refractivity contribution in [3.63, 3.8) is 0 Å². The molecule has 1 aromatic carbocycles. The van der Waals surface area contributed by atoms with Gasteiger partial charge in [0, 0.05) is 29.7 Å². The maximum absolute atomic E-state index is 6.14. The first kappa shape index (κ1) is 12.7. The van der Waals surface area contributed by atoms with Gasteiger partial charge < -0.3 is 15.4 Å². The van der Waals surface area contributed by atoms with Crippen molar-refractivity contribution in [2.75, 3.05) is 20.2 Å². The molecule has 0 radical (unpaired) electrons. The Labute approximate surface area is 107 Å². The second kappa shape index (κ2) is 5.71. The molecule has 3 nitrogen and oxygen atoms in total. The van der Waals surface area contributed by atoms with E-state index < -0.39 is 0 Å². The van der Waals surface area contributed by atoms with Gasteiger partial charge in [-0.25, -0.2) is 0 Å². The van der Waals surface area contributed by atoms with Gasteiger partial charge >= 0.3 is 0 Å². The van der Waals surface area contributed by atoms with Crippen molar-refractivity contribution in [2.45, 2.75) is 25.9 Å². The third kappa shape index (κ3) is 3.12. The fraction of sp³-hybridized carbons (Fsp3) is 0.538. The number of ether oxygens (including phenoxy) is 1. The van der Waals surface area contributed by atoms with Crippen LogP contribution in [0.4, 0.5) is 0 Å². The molecule has 1 heterocycles. The van der Waals surface area contributed by atoms with E-state index in [4.69, 9.17) is 16.3 Å². The summed E-state index contributed by atoms with van der Waals surface area (Å²) in [5, 5.41) is 7.65. The van der Waals surface area contributed by atoms with Crippen molar-refractivity contribution >= 4 is 11.6 Å². The average molecular weight is 255 g/mol. The molecule has 1 atom stereocenters. The normalized spacial score (nSPS) is 19.6. The van der Waals surface area contributed by atoms with Gasteiger partial charge in [-0.1, -0.05) is 11.6 Å². The second-order valence-corrected chi connectivity index (χ2v) is 4.89. The van der Waals surface area contributed by atoms with Crippen LogP contribution >= 0.6 is 11.6 Å². The molecule has 1 fully saturated rings. The lowest BCUT2D eigenvalue weighted by Gasteiger charge is -2.15. The van der Waals surface area contributed by atoms with Gasteiger partial charge in [-0.15, -0.1) is 0 Å². The van der Waals surface area contributed by atoms with E-state index >= 15 is 0 Å². The average Bonchev–Trinajstić information content (AvgIpc) is 2.83. The van der Waals surface area contributed by atoms with Gasteiger partial charge in [0.1, 0.15) is 5.75 Å². The highest BCUT2D eigenvalue weighted by Crippen LogP contribution is 2.26. The Hall–Kier alpha value is -0.770. The van der Waals surface area contributed by atoms with Crippen LogP contribution < -0.4 is 15.4 Å². The first-order valence-electron chi connectivity index (χ1n) is 5.98. The molecule has 4 heteroatoms. The number of rotatable bonds is 4. The molecular weight excluding hydrogens is 236 g/mol. The van der Waals surface area contributed by atoms with E-state index in [-0.39, 0.29) is 0 Å². The Bertz CT molecular complexity index is 389. The molecule has 1 unspecified atom stereocenters. The van der Waals surface area contributed by atoms with Crippen LogP contribution in [0.3, 0.4) is 0 Å². The van der Waals surface area contributed by atoms with E-state index in [0.29, 0.717) is 6.04 Å². The summed E-state index contributed by atoms with van der Waals surface area (Å²) in [7, 11) is 1.70. The third-order valence-electron chi connectivity index (χ3n) is 3.20. The Kier molecular flexibility index (Phi) is 4.26. The minimum atomic E-state index is 0.555. The molecule has 0 bridgehead atoms. The van der Waals surface area contributed by atoms with Crippen molar-refractivity contribution in [1.29, 1.82) is 0 Å². The zero-order valence-electron chi connectivity index (χ0n) is 10.3. The van der Waals surface area contributed by atoms with Crippen molar-refractivity contribution in [3.8, 4) is 5.75 Å². The maximum Gasteiger partial charge on any atom is 0.123 e. The highest BCUT2D eigenvalue weighted by molar-refractivity contribution is 6.31. The summed E-state index contributed by atoms with van der Waals surface area (Å²) < 4.78 is 5.38. The van der Waals surface area contributed by atoms with Crippen molar-refractivity contribution < 1.29 is 4.74 Å². The Morgan fingerprint density at radius 1 is 1.53 bits per heavy atom. The summed E-state index contributed by atoms with van der Waals surface area (Å²) >= 11 is 6.14. The number of hydrogen-bond donors (Lipinski definition) is 2. The molecular formula is C13H19ClN2O. The maximum atomic E-state index is 6.14. The van der Waals surface area contributed by atoms with Gasteiger partial charge in [0.15, 0.2) is 0 Å². The van der Waals surface area contributed by atoms with E-state index in [0.717, 1.165) is 41.5 Å². The number of hydrogen-bond acceptors (Lipinski definition) is 3. The fourth-order valence-corrected chi connectivity index (χ4v) is 2.29. The quantitative estimate of drug-likeness (QED) is 0.864. The first-order valence-corrected chi connectivity index (χ1v) is 6.35. The molecule has 94 valence electrons. The SMILES string of the molecule is COc1cc(C)c(Cl)cc1CNC1CCNC1. The van der Waals surface area contributed by atoms with Gasteiger partial charge in [0.05, 0.1) is 7.11 Å². The molecule has 17 heavy (non-hydrogen) atoms. The lowest BCUT2D eigenvalue weighted by atomic mass is 10.1. The predicted molar refractivity (Wildman–Crippen MR) is 70.9 cm³/mol. The summed E-state index contributed by atoms with van der Waals surface area (Å²) in [6.45, 7) is 4.93. The zero-order chi connectivity index (χ0) is 12.3. The molecule has 0 aliphatic carbocycles. The molecule has 2 N–H and O–H groups in total. The number of aryl methyl sites for hydroxylation is 1. The summed E-state index contributed by atoms with van der Waals surface area (Å²) in [4.78, 5) is 0. The van der Waals surface area contributed by atoms with E-state index in [1.54, 1.807) is 7.11 Å². The van der Waals surface area contributed by atoms with Crippen LogP contribution in [0.1, 0.15) is 17.5 Å². The number of halogens is 1. The van der Waals surface area contributed by atoms with E-state index in [1.807, 2.05) is 19.1 Å². The van der Waals surface area contributed by atoms with Gasteiger partial charge in [-0.05, 0) is 37.6 Å². The summed E-state index contributed by atoms with van der Waals surface area (Å²) in [5.74, 6) is 0.908. The van der Waals surface area contributed by atoms with Gasteiger partial charge in [0.2, 0.25) is 0 Å². The van der Waals surface area contributed by atoms with Crippen molar-refractivity contribution in [2.24, 2.45) is 0 Å². The molecule has 1 aliphatic rings. The van der Waals surface area contributed by atoms with Crippen LogP contribution in [0.2, 0.25) is 5.02 Å². The smallest absolute Gasteiger partial charge is 0.123 e. The lowest BCUT2D eigenvalue weighted by Crippen LogP contribution is -2.30. The Morgan fingerprint density at radius 3 is 3.00 bits per heavy atom. The van der Waals surface area contributed by atoms with Crippen LogP contribution in [0, 0.1) is 6.92 Å². The zero-order valence-corrected chi connectivity index (χ0v) is 11.1. The van der Waals surface area contributed by atoms with Crippen LogP contribution in [-0.4, -0.2) is 26.2 Å². The van der Waals surface area contributed by atoms with Crippen LogP contribution in [0.15, 0.2) is 12.1 Å². The van der Waals surface area contributed by atoms with E-state index in [9.17, 15) is 0 Å².